The molecule has 2 heteroatoms. The summed E-state index contributed by atoms with van der Waals surface area (Å²) in [5.41, 5.74) is 4.61. The molecule has 0 unspecified atom stereocenters. The van der Waals surface area contributed by atoms with E-state index >= 15 is 0 Å². The van der Waals surface area contributed by atoms with Crippen molar-refractivity contribution in [3.63, 3.8) is 0 Å². The molecule has 2 nitrogen and oxygen atoms in total. The first-order valence-corrected chi connectivity index (χ1v) is 10.9. The van der Waals surface area contributed by atoms with Gasteiger partial charge in [-0.25, -0.2) is 4.79 Å². The van der Waals surface area contributed by atoms with Gasteiger partial charge in [-0.3, -0.25) is 0 Å². The molecule has 0 atom stereocenters. The van der Waals surface area contributed by atoms with Gasteiger partial charge < -0.3 is 4.74 Å². The van der Waals surface area contributed by atoms with E-state index in [-0.39, 0.29) is 17.8 Å². The third-order valence-electron chi connectivity index (χ3n) is 5.74. The first-order valence-electron chi connectivity index (χ1n) is 10.9. The average molecular weight is 409 g/mol. The van der Waals surface area contributed by atoms with Gasteiger partial charge in [-0.15, -0.1) is 0 Å². The van der Waals surface area contributed by atoms with Crippen molar-refractivity contribution in [2.45, 2.75) is 39.5 Å². The molecule has 0 saturated carbocycles. The van der Waals surface area contributed by atoms with Crippen molar-refractivity contribution in [2.75, 3.05) is 0 Å². The van der Waals surface area contributed by atoms with Crippen molar-refractivity contribution in [3.05, 3.63) is 102 Å². The topological polar surface area (TPSA) is 26.3 Å². The van der Waals surface area contributed by atoms with Crippen molar-refractivity contribution < 1.29 is 9.53 Å². The van der Waals surface area contributed by atoms with Gasteiger partial charge in [-0.2, -0.15) is 0 Å². The Labute approximate surface area is 184 Å². The van der Waals surface area contributed by atoms with Crippen LogP contribution in [0.4, 0.5) is 0 Å². The minimum Gasteiger partial charge on any atom is -0.422 e. The lowest BCUT2D eigenvalue weighted by Crippen LogP contribution is -2.13. The Morgan fingerprint density at radius 1 is 0.645 bits per heavy atom. The van der Waals surface area contributed by atoms with Crippen molar-refractivity contribution >= 4 is 16.7 Å². The number of rotatable bonds is 5. The van der Waals surface area contributed by atoms with E-state index in [9.17, 15) is 4.79 Å². The van der Waals surface area contributed by atoms with Gasteiger partial charge >= 0.3 is 5.97 Å². The van der Waals surface area contributed by atoms with Crippen LogP contribution in [0.2, 0.25) is 0 Å². The fraction of sp³-hybridized carbons (Fsp3) is 0.207. The molecule has 4 aromatic carbocycles. The highest BCUT2D eigenvalue weighted by Gasteiger charge is 2.21. The molecule has 0 bridgehead atoms. The second kappa shape index (κ2) is 8.77. The highest BCUT2D eigenvalue weighted by Crippen LogP contribution is 2.36. The van der Waals surface area contributed by atoms with E-state index < -0.39 is 0 Å². The number of para-hydroxylation sites is 1. The van der Waals surface area contributed by atoms with Gasteiger partial charge in [0.2, 0.25) is 0 Å². The van der Waals surface area contributed by atoms with Crippen LogP contribution < -0.4 is 4.74 Å². The summed E-state index contributed by atoms with van der Waals surface area (Å²) in [6.45, 7) is 8.50. The largest absolute Gasteiger partial charge is 0.422 e. The van der Waals surface area contributed by atoms with E-state index in [4.69, 9.17) is 4.74 Å². The van der Waals surface area contributed by atoms with Crippen LogP contribution in [0.1, 0.15) is 61.0 Å². The average Bonchev–Trinajstić information content (AvgIpc) is 2.78. The van der Waals surface area contributed by atoms with E-state index in [2.05, 4.69) is 64.1 Å². The quantitative estimate of drug-likeness (QED) is 0.247. The van der Waals surface area contributed by atoms with Crippen molar-refractivity contribution in [1.29, 1.82) is 0 Å². The number of hydrogen-bond donors (Lipinski definition) is 0. The van der Waals surface area contributed by atoms with Crippen LogP contribution in [0.3, 0.4) is 0 Å². The van der Waals surface area contributed by atoms with Gasteiger partial charge in [-0.05, 0) is 50.9 Å². The van der Waals surface area contributed by atoms with Crippen LogP contribution in [-0.4, -0.2) is 5.97 Å². The Morgan fingerprint density at radius 2 is 1.19 bits per heavy atom. The molecule has 0 amide bonds. The normalized spacial score (nSPS) is 11.3. The molecule has 0 fully saturated rings. The molecule has 0 N–H and O–H groups in total. The number of hydrogen-bond acceptors (Lipinski definition) is 2. The van der Waals surface area contributed by atoms with E-state index in [0.29, 0.717) is 11.3 Å². The molecule has 4 rings (SSSR count). The van der Waals surface area contributed by atoms with Gasteiger partial charge in [-0.1, -0.05) is 107 Å². The first kappa shape index (κ1) is 20.9. The highest BCUT2D eigenvalue weighted by atomic mass is 16.5. The summed E-state index contributed by atoms with van der Waals surface area (Å²) < 4.78 is 6.12. The minimum absolute atomic E-state index is 0.259. The summed E-state index contributed by atoms with van der Waals surface area (Å²) in [5.74, 6) is 0.897. The predicted octanol–water partition coefficient (Wildman–Crippen LogP) is 7.97. The predicted molar refractivity (Wildman–Crippen MR) is 129 cm³/mol. The van der Waals surface area contributed by atoms with Crippen molar-refractivity contribution in [2.24, 2.45) is 0 Å². The maximum atomic E-state index is 13.5. The van der Waals surface area contributed by atoms with E-state index in [1.54, 1.807) is 0 Å². The summed E-state index contributed by atoms with van der Waals surface area (Å²) in [6.07, 6.45) is 0. The zero-order valence-electron chi connectivity index (χ0n) is 18.6. The summed E-state index contributed by atoms with van der Waals surface area (Å²) in [6, 6.07) is 28.3. The highest BCUT2D eigenvalue weighted by molar-refractivity contribution is 6.04. The van der Waals surface area contributed by atoms with E-state index in [1.807, 2.05) is 48.5 Å². The fourth-order valence-corrected chi connectivity index (χ4v) is 4.10. The lowest BCUT2D eigenvalue weighted by Gasteiger charge is -2.19. The van der Waals surface area contributed by atoms with Crippen LogP contribution >= 0.6 is 0 Å². The lowest BCUT2D eigenvalue weighted by molar-refractivity contribution is 0.0731. The molecule has 0 aliphatic heterocycles. The lowest BCUT2D eigenvalue weighted by atomic mass is 9.93. The van der Waals surface area contributed by atoms with E-state index in [1.165, 1.54) is 0 Å². The Hall–Kier alpha value is -3.39. The van der Waals surface area contributed by atoms with Crippen LogP contribution in [0, 0.1) is 0 Å². The van der Waals surface area contributed by atoms with E-state index in [0.717, 1.165) is 33.0 Å². The summed E-state index contributed by atoms with van der Waals surface area (Å²) >= 11 is 0. The Balaban J connectivity index is 1.81. The van der Waals surface area contributed by atoms with Gasteiger partial charge in [0.1, 0.15) is 5.75 Å². The van der Waals surface area contributed by atoms with Crippen LogP contribution in [0.15, 0.2) is 84.9 Å². The molecule has 31 heavy (non-hydrogen) atoms. The van der Waals surface area contributed by atoms with Gasteiger partial charge in [0.25, 0.3) is 0 Å². The van der Waals surface area contributed by atoms with Gasteiger partial charge in [0.05, 0.1) is 5.56 Å². The Kier molecular flexibility index (Phi) is 5.90. The summed E-state index contributed by atoms with van der Waals surface area (Å²) in [5, 5.41) is 2.27. The maximum absolute atomic E-state index is 13.5. The molecular weight excluding hydrogens is 380 g/mol. The molecule has 0 spiro atoms. The molecule has 0 aliphatic rings. The molecule has 0 heterocycles. The fourth-order valence-electron chi connectivity index (χ4n) is 4.10. The molecular formula is C29H28O2. The Morgan fingerprint density at radius 3 is 1.90 bits per heavy atom. The first-order chi connectivity index (χ1) is 15.0. The number of ether oxygens (including phenoxy) is 1. The molecule has 0 aromatic heterocycles. The number of esters is 1. The molecule has 0 saturated heterocycles. The third-order valence-corrected chi connectivity index (χ3v) is 5.74. The molecule has 156 valence electrons. The number of fused-ring (bicyclic) bond motifs is 1. The standard InChI is InChI=1S/C29H28O2/c1-19(2)22-16-10-17-23(20(3)4)28(22)31-29(30)27-15-8-7-14-26(27)25-18-9-12-21-11-5-6-13-24(21)25/h5-20H,1-4H3. The zero-order chi connectivity index (χ0) is 22.0. The van der Waals surface area contributed by atoms with Crippen LogP contribution in [0.5, 0.6) is 5.75 Å². The maximum Gasteiger partial charge on any atom is 0.344 e. The van der Waals surface area contributed by atoms with Gasteiger partial charge in [0.15, 0.2) is 0 Å². The van der Waals surface area contributed by atoms with Crippen molar-refractivity contribution in [1.82, 2.24) is 0 Å². The summed E-state index contributed by atoms with van der Waals surface area (Å²) in [7, 11) is 0. The number of carbonyl (C=O) groups excluding carboxylic acids is 1. The van der Waals surface area contributed by atoms with Crippen LogP contribution in [-0.2, 0) is 0 Å². The third kappa shape index (κ3) is 4.11. The smallest absolute Gasteiger partial charge is 0.344 e. The van der Waals surface area contributed by atoms with Crippen molar-refractivity contribution in [3.8, 4) is 16.9 Å². The zero-order valence-corrected chi connectivity index (χ0v) is 18.6. The SMILES string of the molecule is CC(C)c1cccc(C(C)C)c1OC(=O)c1ccccc1-c1cccc2ccccc12. The second-order valence-corrected chi connectivity index (χ2v) is 8.54. The van der Waals surface area contributed by atoms with Gasteiger partial charge in [0, 0.05) is 0 Å². The number of benzene rings is 4. The monoisotopic (exact) mass is 408 g/mol. The molecule has 0 radical (unpaired) electrons. The van der Waals surface area contributed by atoms with Crippen LogP contribution in [0.25, 0.3) is 21.9 Å². The summed E-state index contributed by atoms with van der Waals surface area (Å²) in [4.78, 5) is 13.5. The Bertz CT molecular complexity index is 1200. The minimum atomic E-state index is -0.321. The molecule has 4 aromatic rings. The molecule has 0 aliphatic carbocycles. The number of carbonyl (C=O) groups is 1. The second-order valence-electron chi connectivity index (χ2n) is 8.54.